The number of likely N-dealkylation sites (tertiary alicyclic amines) is 1. The number of piperidine rings is 1. The van der Waals surface area contributed by atoms with Gasteiger partial charge in [0.1, 0.15) is 6.04 Å². The number of carboxylic acid groups (broad SMARTS) is 1. The molecule has 3 N–H and O–H groups in total. The summed E-state index contributed by atoms with van der Waals surface area (Å²) >= 11 is 0. The van der Waals surface area contributed by atoms with E-state index in [-0.39, 0.29) is 0 Å². The topological polar surface area (TPSA) is 66.6 Å². The van der Waals surface area contributed by atoms with Crippen molar-refractivity contribution < 1.29 is 9.90 Å². The van der Waals surface area contributed by atoms with Gasteiger partial charge in [-0.05, 0) is 31.2 Å². The van der Waals surface area contributed by atoms with Crippen LogP contribution >= 0.6 is 0 Å². The monoisotopic (exact) mass is 226 g/mol. The van der Waals surface area contributed by atoms with E-state index in [2.05, 4.69) is 4.90 Å². The molecule has 0 spiro atoms. The second-order valence-electron chi connectivity index (χ2n) is 5.30. The molecule has 0 aromatic carbocycles. The predicted molar refractivity (Wildman–Crippen MR) is 62.1 cm³/mol. The first-order valence-electron chi connectivity index (χ1n) is 6.37. The van der Waals surface area contributed by atoms with Crippen molar-refractivity contribution in [1.29, 1.82) is 0 Å². The van der Waals surface area contributed by atoms with Gasteiger partial charge < -0.3 is 15.7 Å². The Morgan fingerprint density at radius 3 is 2.69 bits per heavy atom. The Bertz CT molecular complexity index is 257. The highest BCUT2D eigenvalue weighted by molar-refractivity contribution is 5.73. The maximum absolute atomic E-state index is 10.7. The van der Waals surface area contributed by atoms with Crippen molar-refractivity contribution in [3.05, 3.63) is 0 Å². The molecule has 1 saturated carbocycles. The maximum Gasteiger partial charge on any atom is 0.321 e. The van der Waals surface area contributed by atoms with Crippen LogP contribution in [0.3, 0.4) is 0 Å². The Hall–Kier alpha value is -0.610. The van der Waals surface area contributed by atoms with E-state index in [0.29, 0.717) is 6.54 Å². The van der Waals surface area contributed by atoms with Crippen LogP contribution in [0.4, 0.5) is 0 Å². The molecule has 4 heteroatoms. The number of nitrogens with two attached hydrogens (primary N) is 1. The molecule has 2 rings (SSSR count). The first-order valence-corrected chi connectivity index (χ1v) is 6.37. The molecule has 0 amide bonds. The molecule has 4 nitrogen and oxygen atoms in total. The molecule has 16 heavy (non-hydrogen) atoms. The number of rotatable bonds is 3. The third-order valence-corrected chi connectivity index (χ3v) is 4.15. The minimum atomic E-state index is -0.884. The zero-order chi connectivity index (χ0) is 11.5. The average molecular weight is 226 g/mol. The molecule has 0 aromatic heterocycles. The third-order valence-electron chi connectivity index (χ3n) is 4.15. The molecule has 92 valence electrons. The lowest BCUT2D eigenvalue weighted by Gasteiger charge is -2.41. The second kappa shape index (κ2) is 5.15. The fraction of sp³-hybridized carbons (Fsp3) is 0.917. The van der Waals surface area contributed by atoms with Gasteiger partial charge >= 0.3 is 5.97 Å². The molecule has 2 aliphatic rings. The van der Waals surface area contributed by atoms with Crippen LogP contribution in [0.25, 0.3) is 0 Å². The smallest absolute Gasteiger partial charge is 0.321 e. The highest BCUT2D eigenvalue weighted by Gasteiger charge is 2.31. The third kappa shape index (κ3) is 2.74. The van der Waals surface area contributed by atoms with Gasteiger partial charge in [0.2, 0.25) is 0 Å². The van der Waals surface area contributed by atoms with Crippen LogP contribution in [-0.2, 0) is 4.79 Å². The molecule has 3 unspecified atom stereocenters. The van der Waals surface area contributed by atoms with Gasteiger partial charge in [-0.2, -0.15) is 0 Å². The Balaban J connectivity index is 1.83. The number of hydrogen-bond acceptors (Lipinski definition) is 3. The highest BCUT2D eigenvalue weighted by Crippen LogP contribution is 2.35. The van der Waals surface area contributed by atoms with Crippen molar-refractivity contribution in [2.75, 3.05) is 19.6 Å². The molecule has 1 saturated heterocycles. The number of aliphatic carboxylic acids is 1. The maximum atomic E-state index is 10.7. The Kier molecular flexibility index (Phi) is 3.82. The minimum Gasteiger partial charge on any atom is -0.480 e. The van der Waals surface area contributed by atoms with Crippen LogP contribution in [0.1, 0.15) is 32.1 Å². The van der Waals surface area contributed by atoms with Crippen molar-refractivity contribution in [2.24, 2.45) is 17.6 Å². The zero-order valence-electron chi connectivity index (χ0n) is 9.77. The molecule has 0 bridgehead atoms. The molecule has 1 aliphatic heterocycles. The quantitative estimate of drug-likeness (QED) is 0.750. The summed E-state index contributed by atoms with van der Waals surface area (Å²) in [7, 11) is 0. The van der Waals surface area contributed by atoms with Crippen molar-refractivity contribution in [2.45, 2.75) is 38.1 Å². The number of carbonyl (C=O) groups is 1. The summed E-state index contributed by atoms with van der Waals surface area (Å²) in [5, 5.41) is 8.79. The molecular formula is C12H22N2O2. The van der Waals surface area contributed by atoms with Crippen LogP contribution in [0.15, 0.2) is 0 Å². The van der Waals surface area contributed by atoms with Gasteiger partial charge in [-0.3, -0.25) is 4.79 Å². The predicted octanol–water partition coefficient (Wildman–Crippen LogP) is 0.910. The van der Waals surface area contributed by atoms with E-state index < -0.39 is 12.0 Å². The summed E-state index contributed by atoms with van der Waals surface area (Å²) in [6, 6.07) is -0.722. The molecule has 1 heterocycles. The molecular weight excluding hydrogens is 204 g/mol. The number of carboxylic acids is 1. The van der Waals surface area contributed by atoms with Gasteiger partial charge in [0.05, 0.1) is 0 Å². The Labute approximate surface area is 96.8 Å². The van der Waals surface area contributed by atoms with Gasteiger partial charge in [-0.15, -0.1) is 0 Å². The van der Waals surface area contributed by atoms with Gasteiger partial charge in [-0.1, -0.05) is 19.3 Å². The molecule has 2 fully saturated rings. The SMILES string of the molecule is NC(CN1CCC2CCCCC2C1)C(=O)O. The van der Waals surface area contributed by atoms with Crippen LogP contribution in [0, 0.1) is 11.8 Å². The van der Waals surface area contributed by atoms with E-state index in [1.165, 1.54) is 32.1 Å². The average Bonchev–Trinajstić information content (AvgIpc) is 2.28. The lowest BCUT2D eigenvalue weighted by Crippen LogP contribution is -2.48. The molecule has 3 atom stereocenters. The van der Waals surface area contributed by atoms with Gasteiger partial charge in [0, 0.05) is 13.1 Å². The number of nitrogens with zero attached hydrogens (tertiary/aromatic N) is 1. The summed E-state index contributed by atoms with van der Waals surface area (Å²) in [5.41, 5.74) is 5.57. The summed E-state index contributed by atoms with van der Waals surface area (Å²) in [6.45, 7) is 2.60. The van der Waals surface area contributed by atoms with Gasteiger partial charge in [0.15, 0.2) is 0 Å². The standard InChI is InChI=1S/C12H22N2O2/c13-11(12(15)16)8-14-6-5-9-3-1-2-4-10(9)7-14/h9-11H,1-8,13H2,(H,15,16). The fourth-order valence-corrected chi connectivity index (χ4v) is 3.20. The van der Waals surface area contributed by atoms with E-state index in [4.69, 9.17) is 10.8 Å². The lowest BCUT2D eigenvalue weighted by atomic mass is 9.75. The minimum absolute atomic E-state index is 0.512. The van der Waals surface area contributed by atoms with Crippen LogP contribution < -0.4 is 5.73 Å². The van der Waals surface area contributed by atoms with Crippen LogP contribution in [0.2, 0.25) is 0 Å². The number of fused-ring (bicyclic) bond motifs is 1. The van der Waals surface area contributed by atoms with Crippen molar-refractivity contribution in [3.8, 4) is 0 Å². The van der Waals surface area contributed by atoms with Gasteiger partial charge in [0.25, 0.3) is 0 Å². The molecule has 0 radical (unpaired) electrons. The van der Waals surface area contributed by atoms with Crippen molar-refractivity contribution in [1.82, 2.24) is 4.90 Å². The van der Waals surface area contributed by atoms with Gasteiger partial charge in [-0.25, -0.2) is 0 Å². The van der Waals surface area contributed by atoms with Crippen molar-refractivity contribution >= 4 is 5.97 Å². The lowest BCUT2D eigenvalue weighted by molar-refractivity contribution is -0.139. The Morgan fingerprint density at radius 2 is 2.00 bits per heavy atom. The van der Waals surface area contributed by atoms with E-state index >= 15 is 0 Å². The summed E-state index contributed by atoms with van der Waals surface area (Å²) in [5.74, 6) is 0.806. The summed E-state index contributed by atoms with van der Waals surface area (Å²) in [6.07, 6.45) is 6.67. The van der Waals surface area contributed by atoms with E-state index in [1.54, 1.807) is 0 Å². The highest BCUT2D eigenvalue weighted by atomic mass is 16.4. The molecule has 1 aliphatic carbocycles. The molecule has 0 aromatic rings. The fourth-order valence-electron chi connectivity index (χ4n) is 3.20. The zero-order valence-corrected chi connectivity index (χ0v) is 9.77. The summed E-state index contributed by atoms with van der Waals surface area (Å²) < 4.78 is 0. The van der Waals surface area contributed by atoms with Crippen LogP contribution in [0.5, 0.6) is 0 Å². The largest absolute Gasteiger partial charge is 0.480 e. The van der Waals surface area contributed by atoms with E-state index in [9.17, 15) is 4.79 Å². The summed E-state index contributed by atoms with van der Waals surface area (Å²) in [4.78, 5) is 12.9. The van der Waals surface area contributed by atoms with E-state index in [0.717, 1.165) is 24.9 Å². The van der Waals surface area contributed by atoms with Crippen molar-refractivity contribution in [3.63, 3.8) is 0 Å². The normalized spacial score (nSPS) is 33.1. The van der Waals surface area contributed by atoms with Crippen LogP contribution in [-0.4, -0.2) is 41.7 Å². The first kappa shape index (κ1) is 11.9. The van der Waals surface area contributed by atoms with E-state index in [1.807, 2.05) is 0 Å². The first-order chi connectivity index (χ1) is 7.66. The number of hydrogen-bond donors (Lipinski definition) is 2. The Morgan fingerprint density at radius 1 is 1.31 bits per heavy atom. The second-order valence-corrected chi connectivity index (χ2v) is 5.30.